The van der Waals surface area contributed by atoms with Gasteiger partial charge in [0.25, 0.3) is 0 Å². The number of aliphatic imine (C=N–C) groups is 1. The number of Topliss-reactive ketones (excluding diaryl/α,β-unsaturated/α-hetero) is 3. The first kappa shape index (κ1) is 110. The number of aromatic nitrogens is 1. The van der Waals surface area contributed by atoms with Gasteiger partial charge in [-0.1, -0.05) is 151 Å². The molecule has 2 aromatic carbocycles. The molecule has 13 amide bonds. The normalized spacial score (nSPS) is 19.5. The number of allylic oxidation sites excluding steroid dienone is 1. The van der Waals surface area contributed by atoms with Crippen molar-refractivity contribution >= 4 is 133 Å². The average Bonchev–Trinajstić information content (AvgIpc) is 1.81. The number of nitrogens with two attached hydrogens (primary N) is 3. The first-order valence-electron chi connectivity index (χ1n) is 46.3. The van der Waals surface area contributed by atoms with E-state index < -0.39 is 234 Å². The van der Waals surface area contributed by atoms with E-state index in [0.29, 0.717) is 49.7 Å². The molecular weight excluding hydrogens is 1740 g/mol. The van der Waals surface area contributed by atoms with Crippen LogP contribution in [0.5, 0.6) is 0 Å². The molecule has 133 heavy (non-hydrogen) atoms. The molecule has 4 heterocycles. The lowest BCUT2D eigenvalue weighted by atomic mass is 9.99. The first-order valence-corrected chi connectivity index (χ1v) is 48.1. The summed E-state index contributed by atoms with van der Waals surface area (Å²) in [6.07, 6.45) is 13.5. The van der Waals surface area contributed by atoms with Gasteiger partial charge in [0.1, 0.15) is 77.7 Å². The highest BCUT2D eigenvalue weighted by Crippen LogP contribution is 2.25. The Morgan fingerprint density at radius 1 is 0.609 bits per heavy atom. The molecule has 0 unspecified atom stereocenters. The van der Waals surface area contributed by atoms with Crippen LogP contribution in [0.3, 0.4) is 0 Å². The number of carboxylic acids is 1. The third kappa shape index (κ3) is 41.0. The van der Waals surface area contributed by atoms with Gasteiger partial charge in [0.2, 0.25) is 76.8 Å². The smallest absolute Gasteiger partial charge is 0.303 e. The number of nitrogens with zero attached hydrogens (tertiary/aromatic N) is 2. The van der Waals surface area contributed by atoms with E-state index >= 15 is 14.4 Å². The summed E-state index contributed by atoms with van der Waals surface area (Å²) in [6.45, 7) is 0.165. The lowest BCUT2D eigenvalue weighted by Crippen LogP contribution is -2.61. The van der Waals surface area contributed by atoms with Crippen LogP contribution in [0.4, 0.5) is 0 Å². The number of carbonyl (C=O) groups is 17. The summed E-state index contributed by atoms with van der Waals surface area (Å²) in [4.78, 5) is 244. The zero-order valence-electron chi connectivity index (χ0n) is 76.2. The number of hydrogen-bond acceptors (Lipinski definition) is 24. The van der Waals surface area contributed by atoms with Crippen LogP contribution >= 0.6 is 0 Å². The molecule has 42 heteroatoms. The summed E-state index contributed by atoms with van der Waals surface area (Å²) in [6, 6.07) is -1.23. The largest absolute Gasteiger partial charge is 0.481 e. The second kappa shape index (κ2) is 58.9. The van der Waals surface area contributed by atoms with E-state index in [1.54, 1.807) is 55.6 Å². The van der Waals surface area contributed by atoms with Gasteiger partial charge in [-0.05, 0) is 88.3 Å². The van der Waals surface area contributed by atoms with Crippen molar-refractivity contribution in [1.29, 1.82) is 5.41 Å². The highest BCUT2D eigenvalue weighted by atomic mass is 32.2. The minimum atomic E-state index is -3.88. The molecule has 2 fully saturated rings. The number of unbranched alkanes of at least 4 members (excludes halogenated alkanes) is 12. The molecule has 3 aliphatic heterocycles. The van der Waals surface area contributed by atoms with Gasteiger partial charge in [-0.15, -0.1) is 0 Å². The van der Waals surface area contributed by atoms with Crippen LogP contribution in [-0.4, -0.2) is 263 Å². The van der Waals surface area contributed by atoms with E-state index in [1.165, 1.54) is 13.1 Å². The number of guanidine groups is 1. The molecule has 6 rings (SSSR count). The molecule has 41 nitrogen and oxygen atoms in total. The van der Waals surface area contributed by atoms with E-state index in [0.717, 1.165) is 80.0 Å². The number of ketones is 3. The minimum Gasteiger partial charge on any atom is -0.481 e. The van der Waals surface area contributed by atoms with Crippen LogP contribution in [-0.2, 0) is 104 Å². The SMILES string of the molecule is CCCC[C@H](NC(=O)[C@H](CN)NC(=O)[C@H](CC1=CCC=N1)NC(=O)[C@H](CCC(N)=O)NC(=O)[C@H](CO)NC(=O)CNC(=O)CCCS(=O)(=O)CC(=O)CCCCCCCCCCCCCCC(=O)O)C(=O)N[C@H]1CCC(=O)CCCCC[C@@H](C(C)=O)NC(=O)[C@H](Cc2c[nH]c3ccccc23)NC(=O)[C@H](CCCNC(=N)N)NC(=O)[C@@H](Cc2ccccc2)NC(=O)[C@@H]2C[C@@H](O)CN2C1=O. The summed E-state index contributed by atoms with van der Waals surface area (Å²) in [5.41, 5.74) is 19.4. The maximum Gasteiger partial charge on any atom is 0.303 e. The number of hydrogen-bond donors (Lipinski definition) is 20. The van der Waals surface area contributed by atoms with Gasteiger partial charge in [-0.2, -0.15) is 0 Å². The van der Waals surface area contributed by atoms with E-state index in [9.17, 15) is 85.8 Å². The summed E-state index contributed by atoms with van der Waals surface area (Å²) in [5.74, 6) is -16.0. The fourth-order valence-electron chi connectivity index (χ4n) is 15.8. The highest BCUT2D eigenvalue weighted by Gasteiger charge is 2.44. The number of para-hydroxylation sites is 1. The van der Waals surface area contributed by atoms with Gasteiger partial charge in [0.05, 0.1) is 31.1 Å². The molecule has 0 bridgehead atoms. The predicted molar refractivity (Wildman–Crippen MR) is 493 cm³/mol. The Kier molecular flexibility index (Phi) is 48.6. The van der Waals surface area contributed by atoms with Crippen molar-refractivity contribution in [3.8, 4) is 0 Å². The van der Waals surface area contributed by atoms with Crippen LogP contribution in [0, 0.1) is 5.41 Å². The number of aliphatic hydroxyl groups excluding tert-OH is 2. The van der Waals surface area contributed by atoms with Gasteiger partial charge in [0.15, 0.2) is 21.6 Å². The van der Waals surface area contributed by atoms with Gasteiger partial charge in [-0.25, -0.2) is 8.42 Å². The van der Waals surface area contributed by atoms with Crippen LogP contribution in [0.25, 0.3) is 10.9 Å². The number of amides is 13. The highest BCUT2D eigenvalue weighted by molar-refractivity contribution is 7.92. The topological polar surface area (TPSA) is 663 Å². The molecule has 1 aromatic heterocycles. The van der Waals surface area contributed by atoms with Crippen molar-refractivity contribution in [3.63, 3.8) is 0 Å². The fraction of sp³-hybridized carbons (Fsp3) is 0.615. The lowest BCUT2D eigenvalue weighted by Gasteiger charge is -2.31. The first-order chi connectivity index (χ1) is 63.6. The van der Waals surface area contributed by atoms with Crippen molar-refractivity contribution in [2.45, 2.75) is 311 Å². The zero-order chi connectivity index (χ0) is 97.4. The number of aliphatic carboxylic acids is 1. The molecule has 0 spiro atoms. The van der Waals surface area contributed by atoms with E-state index in [1.807, 2.05) is 18.2 Å². The maximum absolute atomic E-state index is 15.4. The summed E-state index contributed by atoms with van der Waals surface area (Å²) >= 11 is 0. The van der Waals surface area contributed by atoms with Crippen LogP contribution in [0.1, 0.15) is 237 Å². The molecule has 3 aliphatic rings. The van der Waals surface area contributed by atoms with Crippen LogP contribution < -0.4 is 81.0 Å². The Labute approximate surface area is 774 Å². The van der Waals surface area contributed by atoms with E-state index in [2.05, 4.69) is 73.8 Å². The average molecular weight is 1880 g/mol. The molecule has 23 N–H and O–H groups in total. The summed E-state index contributed by atoms with van der Waals surface area (Å²) in [7, 11) is -3.88. The zero-order valence-corrected chi connectivity index (χ0v) is 77.0. The summed E-state index contributed by atoms with van der Waals surface area (Å²) in [5, 5.41) is 69.9. The van der Waals surface area contributed by atoms with Crippen molar-refractivity contribution in [1.82, 2.24) is 73.7 Å². The monoisotopic (exact) mass is 1880 g/mol. The van der Waals surface area contributed by atoms with Crippen molar-refractivity contribution in [2.24, 2.45) is 22.2 Å². The number of nitrogens with one attached hydrogen (secondary N) is 14. The standard InChI is InChI=1S/C91H137N19O22S/c1-3-4-34-67(103-87(127)74(51-92)109-86(126)73(49-60-30-25-44-96-60)107-83(123)69(42-43-77(93)116)104-88(128)75(55-111)100-79(118)53-99-78(117)38-27-46-133(131,132)56-62(114)32-19-13-11-9-7-5-6-8-10-12-14-22-39-80(119)120)81(121)105-70-41-40-61(113)31-20-16-21-35-65(57(2)112)101-85(125)72(48-59-52-98-66-36-24-23-33-64(59)66)106-82(122)68(37-26-45-97-91(94)95)102-84(124)71(47-58-28-17-15-18-29-58)108-89(129)76-50-63(115)54-110(76)90(70)130/h15,17-18,23-24,28-30,33,36,44,52,63,65,67-76,98,111,115H,3-14,16,19-22,25-27,31-32,34-35,37-43,45-51,53-56,92H2,1-2H3,(H2,93,116)(H,99,117)(H,100,118)(H,101,125)(H,102,124)(H,103,127)(H,104,128)(H,105,121)(H,106,122)(H,107,123)(H,108,129)(H,109,126)(H,119,120)(H4,94,95,97)/t63-,65+,67+,68+,69+,70+,71-,72+,73+,74+,75+,76+/m1/s1. The molecule has 12 atom stereocenters. The van der Waals surface area contributed by atoms with Gasteiger partial charge in [0, 0.05) is 119 Å². The number of rotatable bonds is 53. The van der Waals surface area contributed by atoms with E-state index in [4.69, 9.17) is 27.7 Å². The van der Waals surface area contributed by atoms with Gasteiger partial charge < -0.3 is 106 Å². The molecule has 3 aromatic rings. The number of benzene rings is 2. The second-order valence-electron chi connectivity index (χ2n) is 34.2. The molecular formula is C91H137N19O22S. The van der Waals surface area contributed by atoms with Crippen molar-refractivity contribution in [3.05, 3.63) is 83.7 Å². The third-order valence-electron chi connectivity index (χ3n) is 23.3. The summed E-state index contributed by atoms with van der Waals surface area (Å²) < 4.78 is 25.6. The molecule has 0 saturated carbocycles. The Balaban J connectivity index is 1.13. The Hall–Kier alpha value is -11.9. The second-order valence-corrected chi connectivity index (χ2v) is 36.4. The third-order valence-corrected chi connectivity index (χ3v) is 24.9. The number of fused-ring (bicyclic) bond motifs is 2. The number of carbonyl (C=O) groups excluding carboxylic acids is 16. The lowest BCUT2D eigenvalue weighted by molar-refractivity contribution is -0.143. The van der Waals surface area contributed by atoms with Crippen LogP contribution in [0.15, 0.2) is 77.6 Å². The molecule has 0 radical (unpaired) electrons. The minimum absolute atomic E-state index is 0.0555. The number of H-pyrrole nitrogens is 1. The van der Waals surface area contributed by atoms with Crippen molar-refractivity contribution in [2.75, 3.05) is 44.3 Å². The quantitative estimate of drug-likeness (QED) is 0.0208. The number of sulfone groups is 1. The Morgan fingerprint density at radius 3 is 1.84 bits per heavy atom. The number of carboxylic acid groups (broad SMARTS) is 1. The van der Waals surface area contributed by atoms with E-state index in [-0.39, 0.29) is 127 Å². The molecule has 0 aliphatic carbocycles. The van der Waals surface area contributed by atoms with Crippen LogP contribution in [0.2, 0.25) is 0 Å². The maximum atomic E-state index is 15.4. The Morgan fingerprint density at radius 2 is 1.20 bits per heavy atom. The van der Waals surface area contributed by atoms with Gasteiger partial charge >= 0.3 is 5.97 Å². The fourth-order valence-corrected chi connectivity index (χ4v) is 17.2. The van der Waals surface area contributed by atoms with Gasteiger partial charge in [-0.3, -0.25) is 91.9 Å². The molecule has 734 valence electrons. The number of aromatic amines is 1. The van der Waals surface area contributed by atoms with Crippen molar-refractivity contribution < 1.29 is 105 Å². The predicted octanol–water partition coefficient (Wildman–Crippen LogP) is 0.510. The number of primary amides is 1. The Bertz CT molecular complexity index is 4620. The molecule has 2 saturated heterocycles. The number of aliphatic hydroxyl groups is 2.